The van der Waals surface area contributed by atoms with Crippen LogP contribution in [0, 0.1) is 11.3 Å². The van der Waals surface area contributed by atoms with Gasteiger partial charge in [0.2, 0.25) is 0 Å². The van der Waals surface area contributed by atoms with E-state index >= 15 is 0 Å². The number of nitrogens with one attached hydrogen (secondary N) is 1. The zero-order valence-electron chi connectivity index (χ0n) is 15.2. The van der Waals surface area contributed by atoms with E-state index in [2.05, 4.69) is 53.4 Å². The van der Waals surface area contributed by atoms with Gasteiger partial charge in [-0.25, -0.2) is 0 Å². The molecule has 0 amide bonds. The van der Waals surface area contributed by atoms with Crippen molar-refractivity contribution in [2.45, 2.75) is 82.1 Å². The van der Waals surface area contributed by atoms with Crippen molar-refractivity contribution in [3.63, 3.8) is 0 Å². The van der Waals surface area contributed by atoms with Crippen LogP contribution in [0.15, 0.2) is 12.3 Å². The third kappa shape index (κ3) is 24.7. The molecule has 0 aliphatic carbocycles. The van der Waals surface area contributed by atoms with Crippen LogP contribution in [-0.2, 0) is 0 Å². The summed E-state index contributed by atoms with van der Waals surface area (Å²) in [6.07, 6.45) is 2.42. The van der Waals surface area contributed by atoms with Gasteiger partial charge in [0.05, 0.1) is 0 Å². The molecule has 0 spiro atoms. The first-order chi connectivity index (χ1) is 8.27. The number of hydrogen-bond acceptors (Lipinski definition) is 1. The van der Waals surface area contributed by atoms with Gasteiger partial charge >= 0.3 is 0 Å². The van der Waals surface area contributed by atoms with Crippen LogP contribution in [-0.4, -0.2) is 7.05 Å². The van der Waals surface area contributed by atoms with Crippen LogP contribution in [0.3, 0.4) is 0 Å². The summed E-state index contributed by atoms with van der Waals surface area (Å²) in [4.78, 5) is 0. The highest BCUT2D eigenvalue weighted by atomic mass is 14.8. The zero-order valence-corrected chi connectivity index (χ0v) is 15.2. The first-order valence-corrected chi connectivity index (χ1v) is 7.65. The van der Waals surface area contributed by atoms with Gasteiger partial charge in [0.1, 0.15) is 0 Å². The van der Waals surface area contributed by atoms with Crippen LogP contribution in [0.25, 0.3) is 0 Å². The maximum Gasteiger partial charge on any atom is 0.00884 e. The second-order valence-electron chi connectivity index (χ2n) is 5.09. The quantitative estimate of drug-likeness (QED) is 0.628. The first kappa shape index (κ1) is 26.2. The van der Waals surface area contributed by atoms with Gasteiger partial charge in [-0.2, -0.15) is 0 Å². The SMILES string of the molecule is C=C(NC)C(C)(C)CCC.CC.CC.CC(C)C. The summed E-state index contributed by atoms with van der Waals surface area (Å²) < 4.78 is 0. The Bertz CT molecular complexity index is 143. The molecule has 0 saturated heterocycles. The van der Waals surface area contributed by atoms with E-state index in [0.29, 0.717) is 0 Å². The van der Waals surface area contributed by atoms with Gasteiger partial charge in [-0.15, -0.1) is 0 Å². The number of rotatable bonds is 4. The van der Waals surface area contributed by atoms with Gasteiger partial charge < -0.3 is 5.32 Å². The molecule has 18 heavy (non-hydrogen) atoms. The van der Waals surface area contributed by atoms with Crippen molar-refractivity contribution in [1.29, 1.82) is 0 Å². The van der Waals surface area contributed by atoms with Crippen molar-refractivity contribution in [3.05, 3.63) is 12.3 Å². The van der Waals surface area contributed by atoms with E-state index in [-0.39, 0.29) is 5.41 Å². The lowest BCUT2D eigenvalue weighted by Crippen LogP contribution is -2.22. The summed E-state index contributed by atoms with van der Waals surface area (Å²) in [6.45, 7) is 25.1. The Labute approximate surface area is 118 Å². The summed E-state index contributed by atoms with van der Waals surface area (Å²) in [7, 11) is 1.93. The molecular weight excluding hydrogens is 218 g/mol. The summed E-state index contributed by atoms with van der Waals surface area (Å²) in [5.41, 5.74) is 1.39. The lowest BCUT2D eigenvalue weighted by molar-refractivity contribution is 0.384. The van der Waals surface area contributed by atoms with Crippen LogP contribution >= 0.6 is 0 Å². The largest absolute Gasteiger partial charge is 0.391 e. The predicted molar refractivity (Wildman–Crippen MR) is 90.1 cm³/mol. The number of allylic oxidation sites excluding steroid dienone is 1. The molecule has 0 aromatic carbocycles. The Kier molecular flexibility index (Phi) is 27.5. The molecule has 0 rings (SSSR count). The maximum atomic E-state index is 3.95. The van der Waals surface area contributed by atoms with E-state index in [0.717, 1.165) is 11.6 Å². The van der Waals surface area contributed by atoms with Crippen LogP contribution in [0.1, 0.15) is 82.1 Å². The highest BCUT2D eigenvalue weighted by Crippen LogP contribution is 2.27. The Hall–Kier alpha value is -0.460. The lowest BCUT2D eigenvalue weighted by atomic mass is 9.85. The molecule has 0 radical (unpaired) electrons. The van der Waals surface area contributed by atoms with Gasteiger partial charge in [0.25, 0.3) is 0 Å². The third-order valence-corrected chi connectivity index (χ3v) is 1.99. The molecule has 0 aliphatic heterocycles. The molecule has 0 fully saturated rings. The minimum absolute atomic E-state index is 0.253. The fraction of sp³-hybridized carbons (Fsp3) is 0.882. The van der Waals surface area contributed by atoms with Gasteiger partial charge in [0.15, 0.2) is 0 Å². The van der Waals surface area contributed by atoms with Gasteiger partial charge in [-0.05, 0) is 12.3 Å². The van der Waals surface area contributed by atoms with Crippen LogP contribution < -0.4 is 5.32 Å². The molecule has 1 N–H and O–H groups in total. The van der Waals surface area contributed by atoms with Gasteiger partial charge in [-0.1, -0.05) is 82.2 Å². The molecule has 0 saturated carbocycles. The highest BCUT2D eigenvalue weighted by molar-refractivity contribution is 5.03. The second-order valence-corrected chi connectivity index (χ2v) is 5.09. The van der Waals surface area contributed by atoms with Crippen LogP contribution in [0.2, 0.25) is 0 Å². The maximum absolute atomic E-state index is 3.95. The Morgan fingerprint density at radius 1 is 1.06 bits per heavy atom. The molecule has 1 nitrogen and oxygen atoms in total. The second kappa shape index (κ2) is 18.9. The number of hydrogen-bond donors (Lipinski definition) is 1. The van der Waals surface area contributed by atoms with E-state index in [9.17, 15) is 0 Å². The molecule has 0 atom stereocenters. The molecule has 0 heterocycles. The van der Waals surface area contributed by atoms with Crippen molar-refractivity contribution in [2.75, 3.05) is 7.05 Å². The predicted octanol–water partition coefficient (Wildman–Crippen LogP) is 6.26. The van der Waals surface area contributed by atoms with E-state index in [4.69, 9.17) is 0 Å². The van der Waals surface area contributed by atoms with Crippen LogP contribution in [0.4, 0.5) is 0 Å². The van der Waals surface area contributed by atoms with E-state index in [1.54, 1.807) is 0 Å². The summed E-state index contributed by atoms with van der Waals surface area (Å²) in [5, 5.41) is 3.10. The van der Waals surface area contributed by atoms with Crippen molar-refractivity contribution in [3.8, 4) is 0 Å². The molecular formula is C17H41N. The molecule has 0 unspecified atom stereocenters. The first-order valence-electron chi connectivity index (χ1n) is 7.65. The van der Waals surface area contributed by atoms with Crippen LogP contribution in [0.5, 0.6) is 0 Å². The van der Waals surface area contributed by atoms with Crippen molar-refractivity contribution < 1.29 is 0 Å². The van der Waals surface area contributed by atoms with E-state index < -0.39 is 0 Å². The molecule has 1 heteroatoms. The molecule has 0 aromatic rings. The molecule has 0 bridgehead atoms. The van der Waals surface area contributed by atoms with Crippen molar-refractivity contribution in [1.82, 2.24) is 5.32 Å². The highest BCUT2D eigenvalue weighted by Gasteiger charge is 2.18. The fourth-order valence-corrected chi connectivity index (χ4v) is 1.11. The smallest absolute Gasteiger partial charge is 0.00884 e. The van der Waals surface area contributed by atoms with Crippen molar-refractivity contribution in [2.24, 2.45) is 11.3 Å². The topological polar surface area (TPSA) is 12.0 Å². The molecule has 0 aliphatic rings. The zero-order chi connectivity index (χ0) is 15.8. The average molecular weight is 260 g/mol. The monoisotopic (exact) mass is 259 g/mol. The fourth-order valence-electron chi connectivity index (χ4n) is 1.11. The Balaban J connectivity index is -0.000000102. The normalized spacial score (nSPS) is 8.89. The Morgan fingerprint density at radius 2 is 1.33 bits per heavy atom. The standard InChI is InChI=1S/C9H19N.C4H10.2C2H6/c1-6-7-9(3,4)8(2)10-5;1-4(2)3;2*1-2/h10H,2,6-7H2,1,3-5H3;4H,1-3H3;2*1-2H3. The van der Waals surface area contributed by atoms with Gasteiger partial charge in [0, 0.05) is 18.2 Å². The minimum Gasteiger partial charge on any atom is -0.391 e. The van der Waals surface area contributed by atoms with E-state index in [1.165, 1.54) is 12.8 Å². The summed E-state index contributed by atoms with van der Waals surface area (Å²) >= 11 is 0. The summed E-state index contributed by atoms with van der Waals surface area (Å²) in [5.74, 6) is 0.833. The molecule has 114 valence electrons. The summed E-state index contributed by atoms with van der Waals surface area (Å²) in [6, 6.07) is 0. The third-order valence-electron chi connectivity index (χ3n) is 1.99. The lowest BCUT2D eigenvalue weighted by Gasteiger charge is -2.26. The van der Waals surface area contributed by atoms with E-state index in [1.807, 2.05) is 34.7 Å². The Morgan fingerprint density at radius 3 is 1.50 bits per heavy atom. The van der Waals surface area contributed by atoms with Gasteiger partial charge in [-0.3, -0.25) is 0 Å². The van der Waals surface area contributed by atoms with Crippen molar-refractivity contribution >= 4 is 0 Å². The minimum atomic E-state index is 0.253. The molecule has 0 aromatic heterocycles. The average Bonchev–Trinajstić information content (AvgIpc) is 2.32.